The molecular weight excluding hydrogens is 507 g/mol. The summed E-state index contributed by atoms with van der Waals surface area (Å²) in [5.74, 6) is 5.70. The minimum absolute atomic E-state index is 0.0477. The Bertz CT molecular complexity index is 1400. The number of nitrogens with two attached hydrogens (primary N) is 2. The lowest BCUT2D eigenvalue weighted by molar-refractivity contribution is -0.138. The molecule has 0 aliphatic rings. The molecule has 0 radical (unpaired) electrons. The van der Waals surface area contributed by atoms with Crippen LogP contribution in [-0.4, -0.2) is 21.2 Å². The number of rotatable bonds is 7. The Balaban J connectivity index is 1.91. The van der Waals surface area contributed by atoms with Crippen LogP contribution < -0.4 is 27.2 Å². The van der Waals surface area contributed by atoms with Gasteiger partial charge >= 0.3 is 6.18 Å². The number of hydrogen-bond donors (Lipinski definition) is 4. The number of nitrogens with one attached hydrogen (secondary N) is 2. The molecule has 0 unspecified atom stereocenters. The Kier molecular flexibility index (Phi) is 8.47. The van der Waals surface area contributed by atoms with Crippen LogP contribution in [0.1, 0.15) is 64.6 Å². The second-order valence-electron chi connectivity index (χ2n) is 10.6. The van der Waals surface area contributed by atoms with E-state index in [1.54, 1.807) is 42.2 Å². The first kappa shape index (κ1) is 29.7. The molecule has 1 aromatic heterocycles. The van der Waals surface area contributed by atoms with Gasteiger partial charge in [0, 0.05) is 47.8 Å². The van der Waals surface area contributed by atoms with Crippen molar-refractivity contribution in [3.63, 3.8) is 0 Å². The molecule has 3 rings (SSSR count). The van der Waals surface area contributed by atoms with Gasteiger partial charge in [0.15, 0.2) is 0 Å². The number of anilines is 2. The van der Waals surface area contributed by atoms with Crippen molar-refractivity contribution in [1.29, 1.82) is 0 Å². The molecule has 0 aliphatic heterocycles. The number of benzene rings is 2. The van der Waals surface area contributed by atoms with E-state index in [9.17, 15) is 18.0 Å². The monoisotopic (exact) mass is 543 g/mol. The lowest BCUT2D eigenvalue weighted by Crippen LogP contribution is -2.35. The molecule has 1 amide bonds. The predicted molar refractivity (Wildman–Crippen MR) is 149 cm³/mol. The zero-order valence-electron chi connectivity index (χ0n) is 23.3. The van der Waals surface area contributed by atoms with E-state index in [-0.39, 0.29) is 28.9 Å². The van der Waals surface area contributed by atoms with Crippen molar-refractivity contribution < 1.29 is 18.0 Å². The maximum atomic E-state index is 13.8. The summed E-state index contributed by atoms with van der Waals surface area (Å²) in [6.45, 7) is 11.1. The van der Waals surface area contributed by atoms with Gasteiger partial charge in [0.25, 0.3) is 5.91 Å². The Hall–Kier alpha value is -3.83. The molecule has 3 aromatic rings. The third kappa shape index (κ3) is 7.18. The van der Waals surface area contributed by atoms with Crippen LogP contribution in [0.2, 0.25) is 0 Å². The molecule has 210 valence electrons. The number of aryl methyl sites for hydroxylation is 2. The smallest absolute Gasteiger partial charge is 0.397 e. The SMILES string of the molecule is Cc1ccc(C(=O)Nc2cc(CNC(C)(C)C)c(C)c(C(F)(F)F)c2)cc1N(N)/C=C(\N)c1cnn(C)c1C. The quantitative estimate of drug-likeness (QED) is 0.242. The number of alkyl halides is 3. The summed E-state index contributed by atoms with van der Waals surface area (Å²) < 4.78 is 43.1. The van der Waals surface area contributed by atoms with Gasteiger partial charge in [-0.15, -0.1) is 0 Å². The second-order valence-corrected chi connectivity index (χ2v) is 10.6. The summed E-state index contributed by atoms with van der Waals surface area (Å²) in [4.78, 5) is 13.1. The van der Waals surface area contributed by atoms with Crippen LogP contribution in [0.15, 0.2) is 42.7 Å². The van der Waals surface area contributed by atoms with Crippen LogP contribution in [0.5, 0.6) is 0 Å². The van der Waals surface area contributed by atoms with E-state index in [2.05, 4.69) is 15.7 Å². The summed E-state index contributed by atoms with van der Waals surface area (Å²) in [6.07, 6.45) is -1.41. The van der Waals surface area contributed by atoms with Gasteiger partial charge < -0.3 is 16.4 Å². The topological polar surface area (TPSA) is 114 Å². The molecule has 0 aliphatic carbocycles. The first-order chi connectivity index (χ1) is 18.0. The first-order valence-corrected chi connectivity index (χ1v) is 12.4. The van der Waals surface area contributed by atoms with Crippen LogP contribution >= 0.6 is 0 Å². The zero-order valence-corrected chi connectivity index (χ0v) is 23.3. The van der Waals surface area contributed by atoms with Crippen LogP contribution in [0.4, 0.5) is 24.5 Å². The highest BCUT2D eigenvalue weighted by Gasteiger charge is 2.34. The largest absolute Gasteiger partial charge is 0.416 e. The Morgan fingerprint density at radius 2 is 1.79 bits per heavy atom. The molecule has 0 saturated carbocycles. The number of amides is 1. The van der Waals surface area contributed by atoms with Crippen molar-refractivity contribution in [3.8, 4) is 0 Å². The number of halogens is 3. The van der Waals surface area contributed by atoms with E-state index < -0.39 is 17.6 Å². The van der Waals surface area contributed by atoms with Gasteiger partial charge in [-0.3, -0.25) is 14.5 Å². The van der Waals surface area contributed by atoms with Gasteiger partial charge in [0.05, 0.1) is 23.1 Å². The number of aromatic nitrogens is 2. The standard InChI is InChI=1S/C28H36F3N7O/c1-16-8-9-19(11-25(16)38(33)15-24(32)22-14-35-37(7)18(22)3)26(39)36-21-10-20(13-34-27(4,5)6)17(2)23(12-21)28(29,30)31/h8-12,14-15,34H,13,32-33H2,1-7H3,(H,36,39)/b24-15-. The van der Waals surface area contributed by atoms with Gasteiger partial charge in [-0.25, -0.2) is 5.84 Å². The van der Waals surface area contributed by atoms with Gasteiger partial charge in [0.2, 0.25) is 0 Å². The van der Waals surface area contributed by atoms with Crippen molar-refractivity contribution in [1.82, 2.24) is 15.1 Å². The van der Waals surface area contributed by atoms with Gasteiger partial charge in [0.1, 0.15) is 0 Å². The van der Waals surface area contributed by atoms with Crippen molar-refractivity contribution >= 4 is 23.0 Å². The molecular formula is C28H36F3N7O. The Morgan fingerprint density at radius 1 is 1.13 bits per heavy atom. The molecule has 2 aromatic carbocycles. The molecule has 6 N–H and O–H groups in total. The highest BCUT2D eigenvalue weighted by atomic mass is 19.4. The average molecular weight is 544 g/mol. The highest BCUT2D eigenvalue weighted by molar-refractivity contribution is 6.05. The highest BCUT2D eigenvalue weighted by Crippen LogP contribution is 2.35. The molecule has 0 bridgehead atoms. The maximum absolute atomic E-state index is 13.8. The van der Waals surface area contributed by atoms with Crippen LogP contribution in [0, 0.1) is 20.8 Å². The summed E-state index contributed by atoms with van der Waals surface area (Å²) in [6, 6.07) is 7.37. The lowest BCUT2D eigenvalue weighted by atomic mass is 9.99. The average Bonchev–Trinajstić information content (AvgIpc) is 3.16. The van der Waals surface area contributed by atoms with Crippen molar-refractivity contribution in [3.05, 3.63) is 81.8 Å². The van der Waals surface area contributed by atoms with E-state index in [1.165, 1.54) is 18.1 Å². The molecule has 0 spiro atoms. The van der Waals surface area contributed by atoms with Crippen LogP contribution in [0.3, 0.4) is 0 Å². The molecule has 11 heteroatoms. The first-order valence-electron chi connectivity index (χ1n) is 12.4. The third-order valence-corrected chi connectivity index (χ3v) is 6.46. The second kappa shape index (κ2) is 11.1. The van der Waals surface area contributed by atoms with Gasteiger partial charge in [-0.05, 0) is 82.5 Å². The van der Waals surface area contributed by atoms with Gasteiger partial charge in [-0.1, -0.05) is 6.07 Å². The van der Waals surface area contributed by atoms with E-state index in [1.807, 2.05) is 34.6 Å². The summed E-state index contributed by atoms with van der Waals surface area (Å²) >= 11 is 0. The third-order valence-electron chi connectivity index (χ3n) is 6.46. The van der Waals surface area contributed by atoms with E-state index in [0.717, 1.165) is 22.9 Å². The minimum atomic E-state index is -4.57. The van der Waals surface area contributed by atoms with Gasteiger partial charge in [-0.2, -0.15) is 18.3 Å². The van der Waals surface area contributed by atoms with Crippen molar-refractivity contribution in [2.45, 2.75) is 59.8 Å². The van der Waals surface area contributed by atoms with E-state index >= 15 is 0 Å². The van der Waals surface area contributed by atoms with Crippen LogP contribution in [0.25, 0.3) is 5.70 Å². The molecule has 8 nitrogen and oxygen atoms in total. The van der Waals surface area contributed by atoms with E-state index in [0.29, 0.717) is 16.9 Å². The predicted octanol–water partition coefficient (Wildman–Crippen LogP) is 5.14. The molecule has 0 atom stereocenters. The number of carbonyl (C=O) groups is 1. The minimum Gasteiger partial charge on any atom is -0.397 e. The number of carbonyl (C=O) groups excluding carboxylic acids is 1. The van der Waals surface area contributed by atoms with Crippen LogP contribution in [-0.2, 0) is 19.8 Å². The Labute approximate surface area is 226 Å². The summed E-state index contributed by atoms with van der Waals surface area (Å²) in [5.41, 5.74) is 9.19. The zero-order chi connectivity index (χ0) is 29.3. The molecule has 0 fully saturated rings. The summed E-state index contributed by atoms with van der Waals surface area (Å²) in [5, 5.41) is 11.3. The van der Waals surface area contributed by atoms with Crippen molar-refractivity contribution in [2.24, 2.45) is 18.6 Å². The summed E-state index contributed by atoms with van der Waals surface area (Å²) in [7, 11) is 1.80. The normalized spacial score (nSPS) is 12.5. The fourth-order valence-electron chi connectivity index (χ4n) is 3.99. The Morgan fingerprint density at radius 3 is 2.36 bits per heavy atom. The number of hydrazine groups is 1. The fraction of sp³-hybridized carbons (Fsp3) is 0.357. The molecule has 1 heterocycles. The number of nitrogens with zero attached hydrogens (tertiary/aromatic N) is 3. The molecule has 39 heavy (non-hydrogen) atoms. The fourth-order valence-corrected chi connectivity index (χ4v) is 3.99. The van der Waals surface area contributed by atoms with E-state index in [4.69, 9.17) is 11.6 Å². The number of hydrogen-bond acceptors (Lipinski definition) is 6. The molecule has 0 saturated heterocycles. The lowest BCUT2D eigenvalue weighted by Gasteiger charge is -2.23. The van der Waals surface area contributed by atoms with Crippen molar-refractivity contribution in [2.75, 3.05) is 10.3 Å². The maximum Gasteiger partial charge on any atom is 0.416 e.